The van der Waals surface area contributed by atoms with Crippen LogP contribution >= 0.6 is 0 Å². The van der Waals surface area contributed by atoms with Crippen molar-refractivity contribution in [2.75, 3.05) is 6.61 Å². The first-order valence-corrected chi connectivity index (χ1v) is 7.94. The Bertz CT molecular complexity index is 797. The Labute approximate surface area is 149 Å². The molecule has 0 bridgehead atoms. The zero-order valence-corrected chi connectivity index (χ0v) is 14.5. The number of hydrogen-bond acceptors (Lipinski definition) is 5. The van der Waals surface area contributed by atoms with Crippen molar-refractivity contribution in [3.05, 3.63) is 53.0 Å². The van der Waals surface area contributed by atoms with Gasteiger partial charge in [-0.1, -0.05) is 0 Å². The average Bonchev–Trinajstić information content (AvgIpc) is 2.58. The van der Waals surface area contributed by atoms with Crippen LogP contribution in [0.25, 0.3) is 0 Å². The summed E-state index contributed by atoms with van der Waals surface area (Å²) in [5.74, 6) is -0.206. The maximum Gasteiger partial charge on any atom is 0.272 e. The molecule has 0 spiro atoms. The molecule has 8 heteroatoms. The van der Waals surface area contributed by atoms with Crippen LogP contribution in [-0.2, 0) is 17.8 Å². The zero-order valence-electron chi connectivity index (χ0n) is 14.5. The van der Waals surface area contributed by atoms with E-state index in [1.165, 1.54) is 19.3 Å². The number of halogens is 2. The lowest BCUT2D eigenvalue weighted by molar-refractivity contribution is -0.116. The highest BCUT2D eigenvalue weighted by atomic mass is 19.3. The molecule has 0 fully saturated rings. The minimum absolute atomic E-state index is 0.0363. The van der Waals surface area contributed by atoms with Crippen LogP contribution in [0.15, 0.2) is 30.6 Å². The van der Waals surface area contributed by atoms with Crippen LogP contribution in [0.1, 0.15) is 34.1 Å². The predicted molar refractivity (Wildman–Crippen MR) is 90.3 cm³/mol. The van der Waals surface area contributed by atoms with E-state index >= 15 is 0 Å². The normalized spacial score (nSPS) is 10.7. The van der Waals surface area contributed by atoms with Crippen molar-refractivity contribution in [3.8, 4) is 5.88 Å². The second-order valence-electron chi connectivity index (χ2n) is 5.77. The van der Waals surface area contributed by atoms with Gasteiger partial charge < -0.3 is 10.1 Å². The fourth-order valence-electron chi connectivity index (χ4n) is 2.27. The first kappa shape index (κ1) is 19.4. The standard InChI is InChI=1S/C18H19F2N3O3/c1-11-5-13(9-23-18(11)26-10-16(19)20)8-22-17(25)14-3-4-21-15(7-14)6-12(2)24/h3-5,7,9,16H,6,8,10H2,1-2H3,(H,22,25). The lowest BCUT2D eigenvalue weighted by atomic mass is 10.1. The number of Topliss-reactive ketones (excluding diaryl/α,β-unsaturated/α-hetero) is 1. The van der Waals surface area contributed by atoms with E-state index in [-0.39, 0.29) is 30.5 Å². The molecule has 6 nitrogen and oxygen atoms in total. The molecule has 0 aliphatic carbocycles. The summed E-state index contributed by atoms with van der Waals surface area (Å²) in [5, 5.41) is 2.74. The number of rotatable bonds is 8. The number of hydrogen-bond donors (Lipinski definition) is 1. The number of aryl methyl sites for hydroxylation is 1. The van der Waals surface area contributed by atoms with Crippen LogP contribution < -0.4 is 10.1 Å². The number of ether oxygens (including phenoxy) is 1. The molecular formula is C18H19F2N3O3. The first-order valence-electron chi connectivity index (χ1n) is 7.94. The van der Waals surface area contributed by atoms with Gasteiger partial charge in [0.25, 0.3) is 12.3 Å². The smallest absolute Gasteiger partial charge is 0.272 e. The van der Waals surface area contributed by atoms with Gasteiger partial charge in [0.2, 0.25) is 5.88 Å². The highest BCUT2D eigenvalue weighted by Gasteiger charge is 2.10. The van der Waals surface area contributed by atoms with Gasteiger partial charge in [0.1, 0.15) is 5.78 Å². The monoisotopic (exact) mass is 363 g/mol. The predicted octanol–water partition coefficient (Wildman–Crippen LogP) is 2.49. The van der Waals surface area contributed by atoms with E-state index in [9.17, 15) is 18.4 Å². The third kappa shape index (κ3) is 5.87. The number of pyridine rings is 2. The van der Waals surface area contributed by atoms with Crippen LogP contribution in [-0.4, -0.2) is 34.7 Å². The maximum absolute atomic E-state index is 12.2. The van der Waals surface area contributed by atoms with Gasteiger partial charge in [0.05, 0.1) is 0 Å². The van der Waals surface area contributed by atoms with Crippen LogP contribution in [0, 0.1) is 6.92 Å². The van der Waals surface area contributed by atoms with Crippen molar-refractivity contribution in [2.45, 2.75) is 33.2 Å². The van der Waals surface area contributed by atoms with Gasteiger partial charge >= 0.3 is 0 Å². The van der Waals surface area contributed by atoms with Crippen molar-refractivity contribution >= 4 is 11.7 Å². The van der Waals surface area contributed by atoms with Gasteiger partial charge in [-0.25, -0.2) is 13.8 Å². The van der Waals surface area contributed by atoms with Gasteiger partial charge in [0, 0.05) is 42.2 Å². The highest BCUT2D eigenvalue weighted by Crippen LogP contribution is 2.16. The topological polar surface area (TPSA) is 81.2 Å². The summed E-state index contributed by atoms with van der Waals surface area (Å²) in [4.78, 5) is 31.4. The molecule has 1 N–H and O–H groups in total. The molecule has 26 heavy (non-hydrogen) atoms. The molecule has 138 valence electrons. The summed E-state index contributed by atoms with van der Waals surface area (Å²) < 4.78 is 29.3. The van der Waals surface area contributed by atoms with Crippen molar-refractivity contribution in [2.24, 2.45) is 0 Å². The van der Waals surface area contributed by atoms with E-state index in [4.69, 9.17) is 4.74 Å². The fourth-order valence-corrected chi connectivity index (χ4v) is 2.27. The van der Waals surface area contributed by atoms with E-state index in [2.05, 4.69) is 15.3 Å². The summed E-state index contributed by atoms with van der Waals surface area (Å²) >= 11 is 0. The lowest BCUT2D eigenvalue weighted by Gasteiger charge is -2.10. The zero-order chi connectivity index (χ0) is 19.1. The average molecular weight is 363 g/mol. The molecule has 0 atom stereocenters. The van der Waals surface area contributed by atoms with Gasteiger partial charge in [-0.15, -0.1) is 0 Å². The summed E-state index contributed by atoms with van der Waals surface area (Å²) in [5.41, 5.74) is 2.24. The Hall–Kier alpha value is -2.90. The quantitative estimate of drug-likeness (QED) is 0.779. The van der Waals surface area contributed by atoms with Gasteiger partial charge in [0.15, 0.2) is 6.61 Å². The molecule has 0 aliphatic rings. The molecule has 1 amide bonds. The van der Waals surface area contributed by atoms with Gasteiger partial charge in [-0.05, 0) is 37.6 Å². The first-order chi connectivity index (χ1) is 12.3. The minimum atomic E-state index is -2.57. The molecule has 2 rings (SSSR count). The van der Waals surface area contributed by atoms with E-state index in [0.29, 0.717) is 22.4 Å². The Morgan fingerprint density at radius 1 is 1.27 bits per heavy atom. The van der Waals surface area contributed by atoms with Crippen LogP contribution in [0.4, 0.5) is 8.78 Å². The van der Waals surface area contributed by atoms with E-state index in [1.807, 2.05) is 0 Å². The Balaban J connectivity index is 1.97. The lowest BCUT2D eigenvalue weighted by Crippen LogP contribution is -2.23. The summed E-state index contributed by atoms with van der Waals surface area (Å²) in [7, 11) is 0. The third-order valence-electron chi connectivity index (χ3n) is 3.39. The molecule has 0 radical (unpaired) electrons. The number of ketones is 1. The number of alkyl halides is 2. The number of nitrogens with one attached hydrogen (secondary N) is 1. The highest BCUT2D eigenvalue weighted by molar-refractivity contribution is 5.94. The molecule has 2 aromatic rings. The molecule has 0 saturated heterocycles. The van der Waals surface area contributed by atoms with Crippen LogP contribution in [0.2, 0.25) is 0 Å². The van der Waals surface area contributed by atoms with Crippen molar-refractivity contribution in [1.29, 1.82) is 0 Å². The Morgan fingerprint density at radius 2 is 2.04 bits per heavy atom. The molecule has 2 heterocycles. The number of amides is 1. The third-order valence-corrected chi connectivity index (χ3v) is 3.39. The summed E-state index contributed by atoms with van der Waals surface area (Å²) in [6, 6.07) is 4.84. The molecule has 0 aromatic carbocycles. The largest absolute Gasteiger partial charge is 0.471 e. The Morgan fingerprint density at radius 3 is 2.69 bits per heavy atom. The second kappa shape index (κ2) is 8.98. The Kier molecular flexibility index (Phi) is 6.71. The second-order valence-corrected chi connectivity index (χ2v) is 5.77. The number of carbonyl (C=O) groups is 2. The van der Waals surface area contributed by atoms with Crippen LogP contribution in [0.3, 0.4) is 0 Å². The molecule has 0 aliphatic heterocycles. The molecule has 0 saturated carbocycles. The number of nitrogens with zero attached hydrogens (tertiary/aromatic N) is 2. The van der Waals surface area contributed by atoms with E-state index < -0.39 is 13.0 Å². The number of aromatic nitrogens is 2. The molecular weight excluding hydrogens is 344 g/mol. The SMILES string of the molecule is CC(=O)Cc1cc(C(=O)NCc2cnc(OCC(F)F)c(C)c2)ccn1. The van der Waals surface area contributed by atoms with Crippen molar-refractivity contribution < 1.29 is 23.1 Å². The minimum Gasteiger partial charge on any atom is -0.471 e. The number of carbonyl (C=O) groups excluding carboxylic acids is 2. The van der Waals surface area contributed by atoms with Gasteiger partial charge in [-0.2, -0.15) is 0 Å². The van der Waals surface area contributed by atoms with E-state index in [0.717, 1.165) is 0 Å². The van der Waals surface area contributed by atoms with Crippen molar-refractivity contribution in [3.63, 3.8) is 0 Å². The maximum atomic E-state index is 12.2. The fraction of sp³-hybridized carbons (Fsp3) is 0.333. The van der Waals surface area contributed by atoms with E-state index in [1.54, 1.807) is 25.1 Å². The van der Waals surface area contributed by atoms with Crippen molar-refractivity contribution in [1.82, 2.24) is 15.3 Å². The molecule has 2 aromatic heterocycles. The van der Waals surface area contributed by atoms with Gasteiger partial charge in [-0.3, -0.25) is 14.6 Å². The van der Waals surface area contributed by atoms with Crippen LogP contribution in [0.5, 0.6) is 5.88 Å². The summed E-state index contributed by atoms with van der Waals surface area (Å²) in [6.07, 6.45) is 0.545. The molecule has 0 unspecified atom stereocenters. The summed E-state index contributed by atoms with van der Waals surface area (Å²) in [6.45, 7) is 2.65.